The summed E-state index contributed by atoms with van der Waals surface area (Å²) in [5.74, 6) is -0.855. The lowest BCUT2D eigenvalue weighted by Crippen LogP contribution is -2.32. The molecule has 19 heavy (non-hydrogen) atoms. The summed E-state index contributed by atoms with van der Waals surface area (Å²) >= 11 is 0. The highest BCUT2D eigenvalue weighted by atomic mass is 16.5. The Hall–Kier alpha value is -1.84. The lowest BCUT2D eigenvalue weighted by atomic mass is 10.0. The van der Waals surface area contributed by atoms with Crippen LogP contribution >= 0.6 is 0 Å². The lowest BCUT2D eigenvalue weighted by Gasteiger charge is -2.17. The minimum Gasteiger partial charge on any atom is -0.466 e. The van der Waals surface area contributed by atoms with Crippen molar-refractivity contribution >= 4 is 11.9 Å². The molecule has 1 amide bonds. The van der Waals surface area contributed by atoms with E-state index in [1.165, 1.54) is 0 Å². The topological polar surface area (TPSA) is 55.4 Å². The number of hydrogen-bond donors (Lipinski definition) is 1. The van der Waals surface area contributed by atoms with E-state index in [9.17, 15) is 9.59 Å². The van der Waals surface area contributed by atoms with Crippen LogP contribution in [0.5, 0.6) is 0 Å². The van der Waals surface area contributed by atoms with Gasteiger partial charge in [0.1, 0.15) is 0 Å². The maximum Gasteiger partial charge on any atom is 0.306 e. The smallest absolute Gasteiger partial charge is 0.306 e. The third-order valence-corrected chi connectivity index (χ3v) is 2.88. The summed E-state index contributed by atoms with van der Waals surface area (Å²) in [5, 5.41) is 2.90. The molecule has 0 saturated heterocycles. The SMILES string of the molecule is CCOC(=O)CC(C)C(=O)N[C@H](C)c1ccccc1. The predicted octanol–water partition coefficient (Wildman–Crippen LogP) is 2.45. The lowest BCUT2D eigenvalue weighted by molar-refractivity contribution is -0.146. The second kappa shape index (κ2) is 7.56. The van der Waals surface area contributed by atoms with Gasteiger partial charge in [-0.25, -0.2) is 0 Å². The number of rotatable bonds is 6. The molecule has 104 valence electrons. The molecule has 0 bridgehead atoms. The molecule has 0 fully saturated rings. The van der Waals surface area contributed by atoms with E-state index in [4.69, 9.17) is 4.74 Å². The molecule has 1 N–H and O–H groups in total. The molecule has 1 aromatic rings. The first kappa shape index (κ1) is 15.2. The first-order chi connectivity index (χ1) is 9.04. The Morgan fingerprint density at radius 3 is 2.42 bits per heavy atom. The van der Waals surface area contributed by atoms with E-state index < -0.39 is 0 Å². The van der Waals surface area contributed by atoms with Crippen LogP contribution in [0.4, 0.5) is 0 Å². The summed E-state index contributed by atoms with van der Waals surface area (Å²) in [6, 6.07) is 9.64. The first-order valence-electron chi connectivity index (χ1n) is 6.55. The Morgan fingerprint density at radius 1 is 1.21 bits per heavy atom. The molecular weight excluding hydrogens is 242 g/mol. The van der Waals surface area contributed by atoms with E-state index >= 15 is 0 Å². The highest BCUT2D eigenvalue weighted by Crippen LogP contribution is 2.13. The highest BCUT2D eigenvalue weighted by molar-refractivity contribution is 5.83. The molecule has 0 aromatic heterocycles. The average molecular weight is 263 g/mol. The molecule has 0 spiro atoms. The van der Waals surface area contributed by atoms with Gasteiger partial charge in [-0.1, -0.05) is 37.3 Å². The van der Waals surface area contributed by atoms with Crippen molar-refractivity contribution in [2.24, 2.45) is 5.92 Å². The molecule has 2 atom stereocenters. The largest absolute Gasteiger partial charge is 0.466 e. The minimum atomic E-state index is -0.384. The van der Waals surface area contributed by atoms with Crippen LogP contribution in [0.1, 0.15) is 38.8 Å². The van der Waals surface area contributed by atoms with Crippen molar-refractivity contribution < 1.29 is 14.3 Å². The van der Waals surface area contributed by atoms with E-state index in [0.717, 1.165) is 5.56 Å². The standard InChI is InChI=1S/C15H21NO3/c1-4-19-14(17)10-11(2)15(18)16-12(3)13-8-6-5-7-9-13/h5-9,11-12H,4,10H2,1-3H3,(H,16,18)/t11?,12-/m1/s1. The molecule has 1 unspecified atom stereocenters. The molecule has 0 aliphatic heterocycles. The van der Waals surface area contributed by atoms with E-state index in [-0.39, 0.29) is 30.3 Å². The van der Waals surface area contributed by atoms with Crippen LogP contribution in [-0.2, 0) is 14.3 Å². The molecule has 0 radical (unpaired) electrons. The number of hydrogen-bond acceptors (Lipinski definition) is 3. The van der Waals surface area contributed by atoms with Crippen molar-refractivity contribution in [2.75, 3.05) is 6.61 Å². The maximum atomic E-state index is 11.9. The zero-order chi connectivity index (χ0) is 14.3. The van der Waals surface area contributed by atoms with E-state index in [1.807, 2.05) is 37.3 Å². The summed E-state index contributed by atoms with van der Waals surface area (Å²) in [4.78, 5) is 23.3. The molecule has 4 heteroatoms. The molecule has 0 heterocycles. The summed E-state index contributed by atoms with van der Waals surface area (Å²) in [6.07, 6.45) is 0.112. The van der Waals surface area contributed by atoms with Crippen molar-refractivity contribution in [3.8, 4) is 0 Å². The van der Waals surface area contributed by atoms with Crippen molar-refractivity contribution in [1.29, 1.82) is 0 Å². The molecule has 1 rings (SSSR count). The second-order valence-corrected chi connectivity index (χ2v) is 4.55. The average Bonchev–Trinajstić information content (AvgIpc) is 2.39. The van der Waals surface area contributed by atoms with Gasteiger partial charge in [-0.3, -0.25) is 9.59 Å². The third-order valence-electron chi connectivity index (χ3n) is 2.88. The van der Waals surface area contributed by atoms with Crippen LogP contribution in [0.3, 0.4) is 0 Å². The van der Waals surface area contributed by atoms with Gasteiger partial charge in [0.15, 0.2) is 0 Å². The number of carbonyl (C=O) groups is 2. The van der Waals surface area contributed by atoms with Crippen molar-refractivity contribution in [3.63, 3.8) is 0 Å². The Kier molecular flexibility index (Phi) is 6.06. The number of esters is 1. The summed E-state index contributed by atoms with van der Waals surface area (Å²) in [7, 11) is 0. The van der Waals surface area contributed by atoms with Crippen LogP contribution in [0.15, 0.2) is 30.3 Å². The van der Waals surface area contributed by atoms with Gasteiger partial charge in [0.2, 0.25) is 5.91 Å². The van der Waals surface area contributed by atoms with Crippen molar-refractivity contribution in [2.45, 2.75) is 33.2 Å². The maximum absolute atomic E-state index is 11.9. The van der Waals surface area contributed by atoms with Gasteiger partial charge in [0.05, 0.1) is 19.1 Å². The fourth-order valence-corrected chi connectivity index (χ4v) is 1.74. The zero-order valence-corrected chi connectivity index (χ0v) is 11.7. The number of amides is 1. The predicted molar refractivity (Wildman–Crippen MR) is 73.4 cm³/mol. The van der Waals surface area contributed by atoms with Gasteiger partial charge < -0.3 is 10.1 Å². The van der Waals surface area contributed by atoms with Crippen molar-refractivity contribution in [1.82, 2.24) is 5.32 Å². The fraction of sp³-hybridized carbons (Fsp3) is 0.467. The second-order valence-electron chi connectivity index (χ2n) is 4.55. The Balaban J connectivity index is 2.48. The minimum absolute atomic E-state index is 0.0710. The molecular formula is C15H21NO3. The number of carbonyl (C=O) groups excluding carboxylic acids is 2. The normalized spacial score (nSPS) is 13.4. The Bertz CT molecular complexity index is 417. The van der Waals surface area contributed by atoms with Gasteiger partial charge in [-0.05, 0) is 19.4 Å². The zero-order valence-electron chi connectivity index (χ0n) is 11.7. The van der Waals surface area contributed by atoms with Crippen LogP contribution in [0.2, 0.25) is 0 Å². The van der Waals surface area contributed by atoms with Gasteiger partial charge in [0.25, 0.3) is 0 Å². The monoisotopic (exact) mass is 263 g/mol. The highest BCUT2D eigenvalue weighted by Gasteiger charge is 2.19. The van der Waals surface area contributed by atoms with Crippen LogP contribution in [0, 0.1) is 5.92 Å². The van der Waals surface area contributed by atoms with E-state index in [1.54, 1.807) is 13.8 Å². The van der Waals surface area contributed by atoms with E-state index in [0.29, 0.717) is 6.61 Å². The number of nitrogens with one attached hydrogen (secondary N) is 1. The molecule has 4 nitrogen and oxygen atoms in total. The van der Waals surface area contributed by atoms with Gasteiger partial charge in [-0.15, -0.1) is 0 Å². The van der Waals surface area contributed by atoms with Gasteiger partial charge in [0, 0.05) is 5.92 Å². The van der Waals surface area contributed by atoms with Crippen LogP contribution in [-0.4, -0.2) is 18.5 Å². The summed E-state index contributed by atoms with van der Waals surface area (Å²) < 4.78 is 4.83. The fourth-order valence-electron chi connectivity index (χ4n) is 1.74. The van der Waals surface area contributed by atoms with Crippen LogP contribution in [0.25, 0.3) is 0 Å². The quantitative estimate of drug-likeness (QED) is 0.802. The molecule has 0 aliphatic rings. The first-order valence-corrected chi connectivity index (χ1v) is 6.55. The number of ether oxygens (including phenoxy) is 1. The van der Waals surface area contributed by atoms with Crippen LogP contribution < -0.4 is 5.32 Å². The summed E-state index contributed by atoms with van der Waals surface area (Å²) in [6.45, 7) is 5.74. The Labute approximate surface area is 114 Å². The Morgan fingerprint density at radius 2 is 1.84 bits per heavy atom. The van der Waals surface area contributed by atoms with Gasteiger partial charge in [-0.2, -0.15) is 0 Å². The molecule has 0 saturated carbocycles. The molecule has 1 aromatic carbocycles. The third kappa shape index (κ3) is 5.12. The number of benzene rings is 1. The molecule has 0 aliphatic carbocycles. The van der Waals surface area contributed by atoms with E-state index in [2.05, 4.69) is 5.32 Å². The van der Waals surface area contributed by atoms with Crippen molar-refractivity contribution in [3.05, 3.63) is 35.9 Å². The van der Waals surface area contributed by atoms with Gasteiger partial charge >= 0.3 is 5.97 Å². The summed E-state index contributed by atoms with van der Waals surface area (Å²) in [5.41, 5.74) is 1.04.